The lowest BCUT2D eigenvalue weighted by Gasteiger charge is -2.02. The SMILES string of the molecule is C[n+]1ccccc1CCCCCCCCCCCCC(=O)O. The van der Waals surface area contributed by atoms with E-state index in [9.17, 15) is 4.79 Å². The third-order valence-electron chi connectivity index (χ3n) is 4.24. The van der Waals surface area contributed by atoms with Crippen molar-refractivity contribution < 1.29 is 14.5 Å². The largest absolute Gasteiger partial charge is 0.481 e. The minimum absolute atomic E-state index is 0.333. The topological polar surface area (TPSA) is 41.2 Å². The summed E-state index contributed by atoms with van der Waals surface area (Å²) in [4.78, 5) is 10.4. The molecule has 124 valence electrons. The fourth-order valence-electron chi connectivity index (χ4n) is 2.81. The van der Waals surface area contributed by atoms with Crippen molar-refractivity contribution >= 4 is 5.97 Å². The van der Waals surface area contributed by atoms with Gasteiger partial charge in [-0.05, 0) is 12.8 Å². The lowest BCUT2D eigenvalue weighted by Crippen LogP contribution is -2.32. The maximum absolute atomic E-state index is 10.4. The van der Waals surface area contributed by atoms with Gasteiger partial charge in [0.25, 0.3) is 0 Å². The molecule has 0 unspecified atom stereocenters. The van der Waals surface area contributed by atoms with Crippen LogP contribution in [0.4, 0.5) is 0 Å². The van der Waals surface area contributed by atoms with Crippen molar-refractivity contribution in [2.45, 2.75) is 77.0 Å². The number of aromatic nitrogens is 1. The Hall–Kier alpha value is -1.38. The van der Waals surface area contributed by atoms with Gasteiger partial charge in [0.1, 0.15) is 7.05 Å². The average molecular weight is 306 g/mol. The summed E-state index contributed by atoms with van der Waals surface area (Å²) in [5, 5.41) is 8.54. The van der Waals surface area contributed by atoms with Gasteiger partial charge >= 0.3 is 5.97 Å². The highest BCUT2D eigenvalue weighted by Crippen LogP contribution is 2.12. The van der Waals surface area contributed by atoms with Crippen LogP contribution in [0, 0.1) is 0 Å². The van der Waals surface area contributed by atoms with E-state index in [1.54, 1.807) is 0 Å². The molecule has 0 fully saturated rings. The molecule has 1 aromatic heterocycles. The van der Waals surface area contributed by atoms with Gasteiger partial charge in [0.05, 0.1) is 0 Å². The molecular weight excluding hydrogens is 274 g/mol. The van der Waals surface area contributed by atoms with Crippen LogP contribution in [0.15, 0.2) is 24.4 Å². The molecule has 3 heteroatoms. The van der Waals surface area contributed by atoms with E-state index in [1.165, 1.54) is 63.5 Å². The number of carboxylic acid groups (broad SMARTS) is 1. The molecule has 3 nitrogen and oxygen atoms in total. The fourth-order valence-corrected chi connectivity index (χ4v) is 2.81. The summed E-state index contributed by atoms with van der Waals surface area (Å²) < 4.78 is 2.21. The van der Waals surface area contributed by atoms with Crippen LogP contribution in [0.5, 0.6) is 0 Å². The highest BCUT2D eigenvalue weighted by molar-refractivity contribution is 5.66. The third kappa shape index (κ3) is 9.54. The van der Waals surface area contributed by atoms with E-state index in [0.717, 1.165) is 12.8 Å². The van der Waals surface area contributed by atoms with Crippen LogP contribution in [0.3, 0.4) is 0 Å². The third-order valence-corrected chi connectivity index (χ3v) is 4.24. The van der Waals surface area contributed by atoms with E-state index < -0.39 is 5.97 Å². The van der Waals surface area contributed by atoms with Crippen LogP contribution in [-0.4, -0.2) is 11.1 Å². The van der Waals surface area contributed by atoms with Gasteiger partial charge in [-0.2, -0.15) is 0 Å². The van der Waals surface area contributed by atoms with Crippen molar-refractivity contribution in [3.8, 4) is 0 Å². The smallest absolute Gasteiger partial charge is 0.303 e. The minimum Gasteiger partial charge on any atom is -0.481 e. The first-order valence-corrected chi connectivity index (χ1v) is 8.85. The summed E-state index contributed by atoms with van der Waals surface area (Å²) in [6.07, 6.45) is 15.9. The fraction of sp³-hybridized carbons (Fsp3) is 0.684. The minimum atomic E-state index is -0.663. The first-order chi connectivity index (χ1) is 10.7. The first-order valence-electron chi connectivity index (χ1n) is 8.85. The van der Waals surface area contributed by atoms with Gasteiger partial charge in [-0.15, -0.1) is 0 Å². The Kier molecular flexibility index (Phi) is 10.3. The molecule has 0 atom stereocenters. The second-order valence-electron chi connectivity index (χ2n) is 6.23. The zero-order valence-electron chi connectivity index (χ0n) is 14.1. The molecule has 0 bridgehead atoms. The molecule has 0 spiro atoms. The maximum atomic E-state index is 10.4. The second-order valence-corrected chi connectivity index (χ2v) is 6.23. The van der Waals surface area contributed by atoms with E-state index in [2.05, 4.69) is 36.0 Å². The van der Waals surface area contributed by atoms with E-state index >= 15 is 0 Å². The average Bonchev–Trinajstić information content (AvgIpc) is 2.49. The van der Waals surface area contributed by atoms with Crippen molar-refractivity contribution in [2.24, 2.45) is 7.05 Å². The number of unbranched alkanes of at least 4 members (excludes halogenated alkanes) is 9. The van der Waals surface area contributed by atoms with Crippen LogP contribution in [0.25, 0.3) is 0 Å². The van der Waals surface area contributed by atoms with Gasteiger partial charge in [0.2, 0.25) is 0 Å². The second kappa shape index (κ2) is 12.2. The van der Waals surface area contributed by atoms with Gasteiger partial charge in [-0.1, -0.05) is 57.4 Å². The molecule has 0 aliphatic rings. The molecule has 0 aliphatic heterocycles. The van der Waals surface area contributed by atoms with E-state index in [-0.39, 0.29) is 0 Å². The van der Waals surface area contributed by atoms with Crippen LogP contribution in [-0.2, 0) is 18.3 Å². The van der Waals surface area contributed by atoms with E-state index in [1.807, 2.05) is 0 Å². The predicted molar refractivity (Wildman–Crippen MR) is 89.7 cm³/mol. The predicted octanol–water partition coefficient (Wildman–Crippen LogP) is 4.43. The van der Waals surface area contributed by atoms with Gasteiger partial charge in [-0.25, -0.2) is 4.57 Å². The highest BCUT2D eigenvalue weighted by atomic mass is 16.4. The van der Waals surface area contributed by atoms with Crippen LogP contribution in [0.2, 0.25) is 0 Å². The summed E-state index contributed by atoms with van der Waals surface area (Å²) in [5.74, 6) is -0.663. The number of rotatable bonds is 13. The van der Waals surface area contributed by atoms with E-state index in [4.69, 9.17) is 5.11 Å². The Morgan fingerprint density at radius 3 is 2.00 bits per heavy atom. The normalized spacial score (nSPS) is 10.8. The summed E-state index contributed by atoms with van der Waals surface area (Å²) in [5.41, 5.74) is 1.42. The molecule has 0 aromatic carbocycles. The lowest BCUT2D eigenvalue weighted by atomic mass is 10.0. The Morgan fingerprint density at radius 1 is 0.909 bits per heavy atom. The summed E-state index contributed by atoms with van der Waals surface area (Å²) in [6, 6.07) is 6.40. The van der Waals surface area contributed by atoms with Gasteiger partial charge in [0, 0.05) is 25.0 Å². The Balaban J connectivity index is 1.84. The molecule has 1 N–H and O–H groups in total. The maximum Gasteiger partial charge on any atom is 0.303 e. The van der Waals surface area contributed by atoms with Crippen LogP contribution < -0.4 is 4.57 Å². The number of aliphatic carboxylic acids is 1. The zero-order chi connectivity index (χ0) is 16.0. The molecular formula is C19H32NO2+. The van der Waals surface area contributed by atoms with Crippen molar-refractivity contribution in [1.29, 1.82) is 0 Å². The number of hydrogen-bond donors (Lipinski definition) is 1. The highest BCUT2D eigenvalue weighted by Gasteiger charge is 2.03. The molecule has 0 aliphatic carbocycles. The zero-order valence-corrected chi connectivity index (χ0v) is 14.1. The lowest BCUT2D eigenvalue weighted by molar-refractivity contribution is -0.679. The van der Waals surface area contributed by atoms with Crippen molar-refractivity contribution in [2.75, 3.05) is 0 Å². The molecule has 1 heterocycles. The molecule has 1 rings (SSSR count). The number of hydrogen-bond acceptors (Lipinski definition) is 1. The molecule has 0 saturated heterocycles. The monoisotopic (exact) mass is 306 g/mol. The number of nitrogens with zero attached hydrogens (tertiary/aromatic N) is 1. The Bertz CT molecular complexity index is 418. The Morgan fingerprint density at radius 2 is 1.45 bits per heavy atom. The van der Waals surface area contributed by atoms with Crippen molar-refractivity contribution in [3.63, 3.8) is 0 Å². The Labute approximate surface area is 135 Å². The van der Waals surface area contributed by atoms with Crippen LogP contribution >= 0.6 is 0 Å². The van der Waals surface area contributed by atoms with E-state index in [0.29, 0.717) is 6.42 Å². The summed E-state index contributed by atoms with van der Waals surface area (Å²) >= 11 is 0. The number of aryl methyl sites for hydroxylation is 2. The first kappa shape index (κ1) is 18.7. The quantitative estimate of drug-likeness (QED) is 0.432. The number of carboxylic acids is 1. The standard InChI is InChI=1S/C19H31NO2/c1-20-17-13-12-15-18(20)14-10-8-6-4-2-3-5-7-9-11-16-19(21)22/h12-13,15,17H,2-11,14,16H2,1H3/p+1. The molecule has 0 amide bonds. The molecule has 0 radical (unpaired) electrons. The van der Waals surface area contributed by atoms with Crippen LogP contribution in [0.1, 0.15) is 76.3 Å². The molecule has 1 aromatic rings. The molecule has 0 saturated carbocycles. The number of carbonyl (C=O) groups is 1. The summed E-state index contributed by atoms with van der Waals surface area (Å²) in [6.45, 7) is 0. The summed E-state index contributed by atoms with van der Waals surface area (Å²) in [7, 11) is 2.12. The van der Waals surface area contributed by atoms with Gasteiger partial charge in [0.15, 0.2) is 11.9 Å². The molecule has 22 heavy (non-hydrogen) atoms. The van der Waals surface area contributed by atoms with Crippen molar-refractivity contribution in [1.82, 2.24) is 0 Å². The van der Waals surface area contributed by atoms with Gasteiger partial charge < -0.3 is 5.11 Å². The van der Waals surface area contributed by atoms with Gasteiger partial charge in [-0.3, -0.25) is 4.79 Å². The van der Waals surface area contributed by atoms with Crippen molar-refractivity contribution in [3.05, 3.63) is 30.1 Å². The number of pyridine rings is 1.